The van der Waals surface area contributed by atoms with Crippen LogP contribution in [0.15, 0.2) is 24.3 Å². The molecule has 2 aliphatic rings. The van der Waals surface area contributed by atoms with Crippen LogP contribution in [0, 0.1) is 0 Å². The van der Waals surface area contributed by atoms with Crippen LogP contribution in [0.1, 0.15) is 31.2 Å². The van der Waals surface area contributed by atoms with Crippen molar-refractivity contribution >= 4 is 27.3 Å². The molecule has 0 saturated carbocycles. The molecular weight excluding hydrogens is 316 g/mol. The summed E-state index contributed by atoms with van der Waals surface area (Å²) in [4.78, 5) is 26.4. The highest BCUT2D eigenvalue weighted by Gasteiger charge is 2.37. The van der Waals surface area contributed by atoms with Gasteiger partial charge in [0.05, 0.1) is 17.4 Å². The number of para-hydroxylation sites is 1. The van der Waals surface area contributed by atoms with Crippen LogP contribution in [0.2, 0.25) is 0 Å². The van der Waals surface area contributed by atoms with Crippen LogP contribution in [0.25, 0.3) is 0 Å². The predicted octanol–water partition coefficient (Wildman–Crippen LogP) is 1.15. The summed E-state index contributed by atoms with van der Waals surface area (Å²) < 4.78 is 23.3. The van der Waals surface area contributed by atoms with E-state index in [-0.39, 0.29) is 35.8 Å². The van der Waals surface area contributed by atoms with Crippen molar-refractivity contribution in [2.24, 2.45) is 0 Å². The van der Waals surface area contributed by atoms with Gasteiger partial charge in [-0.1, -0.05) is 18.2 Å². The largest absolute Gasteiger partial charge is 0.339 e. The minimum Gasteiger partial charge on any atom is -0.339 e. The Morgan fingerprint density at radius 2 is 2.09 bits per heavy atom. The van der Waals surface area contributed by atoms with Crippen LogP contribution >= 0.6 is 0 Å². The summed E-state index contributed by atoms with van der Waals surface area (Å²) in [7, 11) is -3.04. The highest BCUT2D eigenvalue weighted by molar-refractivity contribution is 7.91. The van der Waals surface area contributed by atoms with Crippen LogP contribution in [0.5, 0.6) is 0 Å². The first-order valence-corrected chi connectivity index (χ1v) is 9.63. The van der Waals surface area contributed by atoms with Crippen molar-refractivity contribution in [3.63, 3.8) is 0 Å². The van der Waals surface area contributed by atoms with Crippen LogP contribution in [0.3, 0.4) is 0 Å². The van der Waals surface area contributed by atoms with Crippen molar-refractivity contribution in [2.45, 2.75) is 31.7 Å². The zero-order valence-electron chi connectivity index (χ0n) is 13.0. The molecule has 0 bridgehead atoms. The van der Waals surface area contributed by atoms with E-state index in [1.807, 2.05) is 31.2 Å². The minimum absolute atomic E-state index is 0.0278. The fraction of sp³-hybridized carbons (Fsp3) is 0.500. The molecule has 2 amide bonds. The van der Waals surface area contributed by atoms with E-state index >= 15 is 0 Å². The molecule has 2 heterocycles. The third kappa shape index (κ3) is 3.10. The summed E-state index contributed by atoms with van der Waals surface area (Å²) >= 11 is 0. The zero-order valence-corrected chi connectivity index (χ0v) is 13.8. The lowest BCUT2D eigenvalue weighted by Gasteiger charge is -2.27. The van der Waals surface area contributed by atoms with Crippen LogP contribution < -0.4 is 5.32 Å². The summed E-state index contributed by atoms with van der Waals surface area (Å²) in [6, 6.07) is 7.08. The number of nitrogens with one attached hydrogen (secondary N) is 1. The molecule has 2 aliphatic heterocycles. The van der Waals surface area contributed by atoms with Gasteiger partial charge >= 0.3 is 0 Å². The van der Waals surface area contributed by atoms with Gasteiger partial charge in [0.1, 0.15) is 0 Å². The zero-order chi connectivity index (χ0) is 16.6. The van der Waals surface area contributed by atoms with Crippen LogP contribution in [-0.4, -0.2) is 49.2 Å². The first-order valence-electron chi connectivity index (χ1n) is 7.81. The number of fused-ring (bicyclic) bond motifs is 1. The molecule has 0 spiro atoms. The summed E-state index contributed by atoms with van der Waals surface area (Å²) in [5.41, 5.74) is 1.59. The van der Waals surface area contributed by atoms with Gasteiger partial charge in [0.25, 0.3) is 0 Å². The molecule has 2 unspecified atom stereocenters. The van der Waals surface area contributed by atoms with Crippen LogP contribution in [0.4, 0.5) is 5.69 Å². The summed E-state index contributed by atoms with van der Waals surface area (Å²) in [6.07, 6.45) is 0.558. The standard InChI is InChI=1S/C16H20N2O4S/c1-2-18(11-7-8-23(21,22)10-11)15(19)9-13-12-5-3-4-6-14(12)17-16(13)20/h3-6,11,13H,2,7-10H2,1H3,(H,17,20). The van der Waals surface area contributed by atoms with Gasteiger partial charge in [0, 0.05) is 24.7 Å². The average molecular weight is 336 g/mol. The lowest BCUT2D eigenvalue weighted by atomic mass is 9.96. The van der Waals surface area contributed by atoms with Crippen molar-refractivity contribution in [3.05, 3.63) is 29.8 Å². The molecular formula is C16H20N2O4S. The van der Waals surface area contributed by atoms with Crippen molar-refractivity contribution in [1.82, 2.24) is 4.90 Å². The Labute approximate surface area is 135 Å². The number of hydrogen-bond donors (Lipinski definition) is 1. The van der Waals surface area contributed by atoms with Gasteiger partial charge in [0.2, 0.25) is 11.8 Å². The number of rotatable bonds is 4. The molecule has 0 aliphatic carbocycles. The monoisotopic (exact) mass is 336 g/mol. The lowest BCUT2D eigenvalue weighted by Crippen LogP contribution is -2.41. The maximum absolute atomic E-state index is 12.6. The van der Waals surface area contributed by atoms with Gasteiger partial charge in [-0.05, 0) is 25.0 Å². The molecule has 0 radical (unpaired) electrons. The quantitative estimate of drug-likeness (QED) is 0.894. The van der Waals surface area contributed by atoms with E-state index < -0.39 is 15.8 Å². The van der Waals surface area contributed by atoms with E-state index in [1.165, 1.54) is 0 Å². The number of hydrogen-bond acceptors (Lipinski definition) is 4. The second-order valence-corrected chi connectivity index (χ2v) is 8.30. The minimum atomic E-state index is -3.04. The Hall–Kier alpha value is -1.89. The van der Waals surface area contributed by atoms with E-state index in [0.717, 1.165) is 11.3 Å². The second-order valence-electron chi connectivity index (χ2n) is 6.07. The third-order valence-corrected chi connectivity index (χ3v) is 6.35. The van der Waals surface area contributed by atoms with Crippen molar-refractivity contribution < 1.29 is 18.0 Å². The van der Waals surface area contributed by atoms with Gasteiger partial charge in [-0.15, -0.1) is 0 Å². The van der Waals surface area contributed by atoms with Crippen molar-refractivity contribution in [3.8, 4) is 0 Å². The van der Waals surface area contributed by atoms with Gasteiger partial charge in [-0.2, -0.15) is 0 Å². The average Bonchev–Trinajstić information content (AvgIpc) is 3.00. The highest BCUT2D eigenvalue weighted by atomic mass is 32.2. The molecule has 1 saturated heterocycles. The smallest absolute Gasteiger partial charge is 0.232 e. The molecule has 124 valence electrons. The third-order valence-electron chi connectivity index (χ3n) is 4.60. The number of sulfone groups is 1. The molecule has 7 heteroatoms. The number of carbonyl (C=O) groups is 2. The molecule has 0 aromatic heterocycles. The topological polar surface area (TPSA) is 83.6 Å². The maximum atomic E-state index is 12.6. The fourth-order valence-electron chi connectivity index (χ4n) is 3.43. The molecule has 6 nitrogen and oxygen atoms in total. The van der Waals surface area contributed by atoms with Gasteiger partial charge in [-0.3, -0.25) is 9.59 Å². The molecule has 1 N–H and O–H groups in total. The Morgan fingerprint density at radius 1 is 1.35 bits per heavy atom. The van der Waals surface area contributed by atoms with Crippen molar-refractivity contribution in [1.29, 1.82) is 0 Å². The fourth-order valence-corrected chi connectivity index (χ4v) is 5.16. The number of benzene rings is 1. The number of nitrogens with zero attached hydrogens (tertiary/aromatic N) is 1. The number of amides is 2. The van der Waals surface area contributed by atoms with E-state index in [0.29, 0.717) is 13.0 Å². The van der Waals surface area contributed by atoms with Crippen molar-refractivity contribution in [2.75, 3.05) is 23.4 Å². The Kier molecular flexibility index (Phi) is 4.14. The van der Waals surface area contributed by atoms with Gasteiger partial charge in [-0.25, -0.2) is 8.42 Å². The second kappa shape index (κ2) is 5.96. The normalized spacial score (nSPS) is 25.0. The molecule has 3 rings (SSSR count). The first kappa shape index (κ1) is 16.0. The summed E-state index contributed by atoms with van der Waals surface area (Å²) in [6.45, 7) is 2.29. The van der Waals surface area contributed by atoms with Gasteiger partial charge < -0.3 is 10.2 Å². The Balaban J connectivity index is 1.74. The number of carbonyl (C=O) groups excluding carboxylic acids is 2. The first-order chi connectivity index (χ1) is 10.9. The molecule has 1 aromatic rings. The molecule has 1 fully saturated rings. The van der Waals surface area contributed by atoms with E-state index in [1.54, 1.807) is 4.90 Å². The predicted molar refractivity (Wildman–Crippen MR) is 86.9 cm³/mol. The lowest BCUT2D eigenvalue weighted by molar-refractivity contribution is -0.134. The SMILES string of the molecule is CCN(C(=O)CC1C(=O)Nc2ccccc21)C1CCS(=O)(=O)C1. The van der Waals surface area contributed by atoms with Gasteiger partial charge in [0.15, 0.2) is 9.84 Å². The summed E-state index contributed by atoms with van der Waals surface area (Å²) in [5, 5.41) is 2.79. The summed E-state index contributed by atoms with van der Waals surface area (Å²) in [5.74, 6) is -0.666. The van der Waals surface area contributed by atoms with E-state index in [9.17, 15) is 18.0 Å². The Bertz CT molecular complexity index is 744. The van der Waals surface area contributed by atoms with E-state index in [4.69, 9.17) is 0 Å². The van der Waals surface area contributed by atoms with Crippen LogP contribution in [-0.2, 0) is 19.4 Å². The maximum Gasteiger partial charge on any atom is 0.232 e. The molecule has 2 atom stereocenters. The Morgan fingerprint density at radius 3 is 2.74 bits per heavy atom. The number of anilines is 1. The molecule has 23 heavy (non-hydrogen) atoms. The van der Waals surface area contributed by atoms with E-state index in [2.05, 4.69) is 5.32 Å². The highest BCUT2D eigenvalue weighted by Crippen LogP contribution is 2.35. The molecule has 1 aromatic carbocycles.